The number of hydrogen-bond acceptors (Lipinski definition) is 2. The first-order chi connectivity index (χ1) is 7.06. The molecule has 1 aliphatic rings. The molecule has 4 heteroatoms. The second kappa shape index (κ2) is 6.92. The molecule has 0 aromatic rings. The summed E-state index contributed by atoms with van der Waals surface area (Å²) in [5, 5.41) is 6.26. The van der Waals surface area contributed by atoms with Crippen molar-refractivity contribution in [1.82, 2.24) is 10.6 Å². The molecular weight excluding hydrogens is 224 g/mol. The molecule has 0 saturated carbocycles. The van der Waals surface area contributed by atoms with Crippen LogP contribution >= 0.6 is 12.4 Å². The van der Waals surface area contributed by atoms with Crippen LogP contribution in [-0.4, -0.2) is 25.5 Å². The molecule has 0 radical (unpaired) electrons. The third kappa shape index (κ3) is 4.54. The summed E-state index contributed by atoms with van der Waals surface area (Å²) in [6.45, 7) is 8.69. The molecule has 0 aromatic carbocycles. The maximum atomic E-state index is 11.8. The summed E-state index contributed by atoms with van der Waals surface area (Å²) in [5.41, 5.74) is 1.10. The number of hydrogen-bond donors (Lipinski definition) is 2. The fraction of sp³-hybridized carbons (Fsp3) is 0.750. The number of carbonyl (C=O) groups is 1. The minimum absolute atomic E-state index is 0. The summed E-state index contributed by atoms with van der Waals surface area (Å²) in [5.74, 6) is 0.157. The summed E-state index contributed by atoms with van der Waals surface area (Å²) in [4.78, 5) is 11.8. The Morgan fingerprint density at radius 3 is 2.75 bits per heavy atom. The molecule has 0 atom stereocenters. The highest BCUT2D eigenvalue weighted by molar-refractivity contribution is 5.85. The molecule has 1 aliphatic heterocycles. The van der Waals surface area contributed by atoms with Crippen molar-refractivity contribution < 1.29 is 4.79 Å². The molecule has 0 unspecified atom stereocenters. The fourth-order valence-electron chi connectivity index (χ4n) is 1.42. The van der Waals surface area contributed by atoms with Gasteiger partial charge in [0.1, 0.15) is 0 Å². The van der Waals surface area contributed by atoms with Crippen LogP contribution in [0.25, 0.3) is 0 Å². The molecular formula is C12H23ClN2O. The first-order valence-electron chi connectivity index (χ1n) is 5.73. The van der Waals surface area contributed by atoms with Crippen molar-refractivity contribution in [2.45, 2.75) is 33.6 Å². The van der Waals surface area contributed by atoms with Gasteiger partial charge in [0.2, 0.25) is 5.91 Å². The summed E-state index contributed by atoms with van der Waals surface area (Å²) >= 11 is 0. The second-order valence-corrected chi connectivity index (χ2v) is 4.74. The molecule has 1 rings (SSSR count). The smallest absolute Gasteiger partial charge is 0.225 e. The Morgan fingerprint density at radius 1 is 1.56 bits per heavy atom. The Hall–Kier alpha value is -0.540. The van der Waals surface area contributed by atoms with Crippen LogP contribution in [0.1, 0.15) is 33.6 Å². The van der Waals surface area contributed by atoms with Crippen LogP contribution in [0.5, 0.6) is 0 Å². The van der Waals surface area contributed by atoms with E-state index < -0.39 is 0 Å². The molecule has 1 heterocycles. The van der Waals surface area contributed by atoms with E-state index >= 15 is 0 Å². The van der Waals surface area contributed by atoms with Gasteiger partial charge in [-0.3, -0.25) is 4.79 Å². The van der Waals surface area contributed by atoms with Crippen LogP contribution < -0.4 is 10.6 Å². The van der Waals surface area contributed by atoms with Crippen LogP contribution in [0.3, 0.4) is 0 Å². The predicted molar refractivity (Wildman–Crippen MR) is 69.9 cm³/mol. The maximum Gasteiger partial charge on any atom is 0.225 e. The lowest BCUT2D eigenvalue weighted by Gasteiger charge is -2.22. The van der Waals surface area contributed by atoms with Gasteiger partial charge < -0.3 is 10.6 Å². The third-order valence-electron chi connectivity index (χ3n) is 3.13. The summed E-state index contributed by atoms with van der Waals surface area (Å²) < 4.78 is 0. The first-order valence-corrected chi connectivity index (χ1v) is 5.73. The lowest BCUT2D eigenvalue weighted by Crippen LogP contribution is -2.38. The largest absolute Gasteiger partial charge is 0.352 e. The Bertz CT molecular complexity index is 262. The molecule has 3 nitrogen and oxygen atoms in total. The average Bonchev–Trinajstić information content (AvgIpc) is 2.27. The van der Waals surface area contributed by atoms with E-state index in [9.17, 15) is 4.79 Å². The normalized spacial score (nSPS) is 16.1. The molecule has 0 saturated heterocycles. The van der Waals surface area contributed by atoms with Crippen molar-refractivity contribution >= 4 is 18.3 Å². The zero-order valence-electron chi connectivity index (χ0n) is 10.4. The molecule has 94 valence electrons. The van der Waals surface area contributed by atoms with Crippen LogP contribution in [-0.2, 0) is 4.79 Å². The standard InChI is InChI=1S/C12H22N2O.ClH/c1-4-12(2,3)11(15)14-9-10-5-7-13-8-6-10;/h5,13H,4,6-9H2,1-3H3,(H,14,15);1H. The van der Waals surface area contributed by atoms with Gasteiger partial charge in [0.15, 0.2) is 0 Å². The van der Waals surface area contributed by atoms with E-state index in [4.69, 9.17) is 0 Å². The van der Waals surface area contributed by atoms with Crippen LogP contribution in [0.15, 0.2) is 11.6 Å². The molecule has 0 fully saturated rings. The van der Waals surface area contributed by atoms with E-state index in [2.05, 4.69) is 16.7 Å². The number of carbonyl (C=O) groups excluding carboxylic acids is 1. The zero-order valence-corrected chi connectivity index (χ0v) is 11.2. The van der Waals surface area contributed by atoms with Gasteiger partial charge in [-0.1, -0.05) is 32.4 Å². The SMILES string of the molecule is CCC(C)(C)C(=O)NCC1=CCNCC1.Cl. The van der Waals surface area contributed by atoms with E-state index in [-0.39, 0.29) is 23.7 Å². The molecule has 16 heavy (non-hydrogen) atoms. The first kappa shape index (κ1) is 15.5. The van der Waals surface area contributed by atoms with Gasteiger partial charge in [0.05, 0.1) is 0 Å². The Balaban J connectivity index is 0.00000225. The Morgan fingerprint density at radius 2 is 2.25 bits per heavy atom. The number of halogens is 1. The third-order valence-corrected chi connectivity index (χ3v) is 3.13. The fourth-order valence-corrected chi connectivity index (χ4v) is 1.42. The van der Waals surface area contributed by atoms with E-state index in [1.165, 1.54) is 5.57 Å². The van der Waals surface area contributed by atoms with E-state index in [0.717, 1.165) is 25.9 Å². The Labute approximate surface area is 104 Å². The molecule has 0 aromatic heterocycles. The molecule has 1 amide bonds. The van der Waals surface area contributed by atoms with Crippen LogP contribution in [0.2, 0.25) is 0 Å². The number of amides is 1. The molecule has 0 bridgehead atoms. The van der Waals surface area contributed by atoms with Gasteiger partial charge in [0, 0.05) is 18.5 Å². The van der Waals surface area contributed by atoms with E-state index in [0.29, 0.717) is 6.54 Å². The van der Waals surface area contributed by atoms with E-state index in [1.54, 1.807) is 0 Å². The lowest BCUT2D eigenvalue weighted by molar-refractivity contribution is -0.129. The second-order valence-electron chi connectivity index (χ2n) is 4.74. The summed E-state index contributed by atoms with van der Waals surface area (Å²) in [7, 11) is 0. The minimum Gasteiger partial charge on any atom is -0.352 e. The highest BCUT2D eigenvalue weighted by Gasteiger charge is 2.24. The average molecular weight is 247 g/mol. The van der Waals surface area contributed by atoms with Crippen molar-refractivity contribution in [1.29, 1.82) is 0 Å². The molecule has 2 N–H and O–H groups in total. The quantitative estimate of drug-likeness (QED) is 0.744. The van der Waals surface area contributed by atoms with Gasteiger partial charge in [0.25, 0.3) is 0 Å². The van der Waals surface area contributed by atoms with Crippen molar-refractivity contribution in [3.8, 4) is 0 Å². The maximum absolute atomic E-state index is 11.8. The number of rotatable bonds is 4. The summed E-state index contributed by atoms with van der Waals surface area (Å²) in [6, 6.07) is 0. The predicted octanol–water partition coefficient (Wildman–Crippen LogP) is 1.88. The highest BCUT2D eigenvalue weighted by atomic mass is 35.5. The van der Waals surface area contributed by atoms with Crippen molar-refractivity contribution in [3.63, 3.8) is 0 Å². The van der Waals surface area contributed by atoms with Gasteiger partial charge in [-0.05, 0) is 19.4 Å². The lowest BCUT2D eigenvalue weighted by atomic mass is 9.89. The van der Waals surface area contributed by atoms with Crippen molar-refractivity contribution in [2.75, 3.05) is 19.6 Å². The zero-order chi connectivity index (χ0) is 11.3. The van der Waals surface area contributed by atoms with Crippen LogP contribution in [0.4, 0.5) is 0 Å². The van der Waals surface area contributed by atoms with Crippen molar-refractivity contribution in [3.05, 3.63) is 11.6 Å². The van der Waals surface area contributed by atoms with Gasteiger partial charge in [-0.2, -0.15) is 0 Å². The summed E-state index contributed by atoms with van der Waals surface area (Å²) in [6.07, 6.45) is 4.09. The minimum atomic E-state index is -0.243. The topological polar surface area (TPSA) is 41.1 Å². The Kier molecular flexibility index (Phi) is 6.68. The van der Waals surface area contributed by atoms with Crippen LogP contribution in [0, 0.1) is 5.41 Å². The number of nitrogens with one attached hydrogen (secondary N) is 2. The van der Waals surface area contributed by atoms with Gasteiger partial charge >= 0.3 is 0 Å². The molecule has 0 spiro atoms. The molecule has 0 aliphatic carbocycles. The van der Waals surface area contributed by atoms with Crippen molar-refractivity contribution in [2.24, 2.45) is 5.41 Å². The van der Waals surface area contributed by atoms with E-state index in [1.807, 2.05) is 20.8 Å². The monoisotopic (exact) mass is 246 g/mol. The van der Waals surface area contributed by atoms with Gasteiger partial charge in [-0.25, -0.2) is 0 Å². The van der Waals surface area contributed by atoms with Gasteiger partial charge in [-0.15, -0.1) is 12.4 Å². The highest BCUT2D eigenvalue weighted by Crippen LogP contribution is 2.19.